The van der Waals surface area contributed by atoms with E-state index in [1.54, 1.807) is 13.0 Å². The van der Waals surface area contributed by atoms with Crippen molar-refractivity contribution >= 4 is 23.2 Å². The monoisotopic (exact) mass is 212 g/mol. The predicted molar refractivity (Wildman–Crippen MR) is 55.2 cm³/mol. The number of thiophene rings is 1. The zero-order valence-electron chi connectivity index (χ0n) is 8.03. The van der Waals surface area contributed by atoms with Gasteiger partial charge < -0.3 is 11.1 Å². The lowest BCUT2D eigenvalue weighted by molar-refractivity contribution is -0.119. The van der Waals surface area contributed by atoms with Crippen LogP contribution in [0.5, 0.6) is 0 Å². The third kappa shape index (κ3) is 2.56. The van der Waals surface area contributed by atoms with Gasteiger partial charge in [-0.3, -0.25) is 9.59 Å². The number of primary amides is 1. The molecule has 1 aromatic heterocycles. The van der Waals surface area contributed by atoms with E-state index in [4.69, 9.17) is 5.73 Å². The SMILES string of the molecule is Cc1ccc(C(=O)N[C@H](C)C(N)=O)s1. The number of carbonyl (C=O) groups is 2. The van der Waals surface area contributed by atoms with Crippen LogP contribution in [0.15, 0.2) is 12.1 Å². The third-order valence-corrected chi connectivity index (χ3v) is 2.74. The van der Waals surface area contributed by atoms with Gasteiger partial charge in [-0.2, -0.15) is 0 Å². The minimum absolute atomic E-state index is 0.255. The highest BCUT2D eigenvalue weighted by Gasteiger charge is 2.14. The number of carbonyl (C=O) groups excluding carboxylic acids is 2. The summed E-state index contributed by atoms with van der Waals surface area (Å²) in [5, 5.41) is 2.51. The molecule has 0 spiro atoms. The maximum atomic E-state index is 11.5. The normalized spacial score (nSPS) is 12.1. The zero-order chi connectivity index (χ0) is 10.7. The van der Waals surface area contributed by atoms with Crippen molar-refractivity contribution in [2.45, 2.75) is 19.9 Å². The number of nitrogens with one attached hydrogen (secondary N) is 1. The Kier molecular flexibility index (Phi) is 3.24. The molecule has 0 unspecified atom stereocenters. The summed E-state index contributed by atoms with van der Waals surface area (Å²) >= 11 is 1.39. The Morgan fingerprint density at radius 3 is 2.57 bits per heavy atom. The average molecular weight is 212 g/mol. The Balaban J connectivity index is 2.63. The van der Waals surface area contributed by atoms with E-state index in [9.17, 15) is 9.59 Å². The van der Waals surface area contributed by atoms with Gasteiger partial charge in [0.05, 0.1) is 4.88 Å². The lowest BCUT2D eigenvalue weighted by atomic mass is 10.3. The van der Waals surface area contributed by atoms with Crippen molar-refractivity contribution in [2.75, 3.05) is 0 Å². The first-order valence-electron chi connectivity index (χ1n) is 4.17. The Bertz CT molecular complexity index is 359. The highest BCUT2D eigenvalue weighted by molar-refractivity contribution is 7.13. The summed E-state index contributed by atoms with van der Waals surface area (Å²) in [5.74, 6) is -0.791. The minimum Gasteiger partial charge on any atom is -0.368 e. The molecule has 1 heterocycles. The van der Waals surface area contributed by atoms with Crippen LogP contribution in [-0.4, -0.2) is 17.9 Å². The topological polar surface area (TPSA) is 72.2 Å². The van der Waals surface area contributed by atoms with Crippen LogP contribution in [0.25, 0.3) is 0 Å². The Hall–Kier alpha value is -1.36. The fourth-order valence-electron chi connectivity index (χ4n) is 0.895. The van der Waals surface area contributed by atoms with Crippen LogP contribution in [0.1, 0.15) is 21.5 Å². The maximum absolute atomic E-state index is 11.5. The summed E-state index contributed by atoms with van der Waals surface area (Å²) in [6.07, 6.45) is 0. The van der Waals surface area contributed by atoms with E-state index < -0.39 is 11.9 Å². The Morgan fingerprint density at radius 1 is 1.50 bits per heavy atom. The molecule has 0 radical (unpaired) electrons. The average Bonchev–Trinajstić information content (AvgIpc) is 2.51. The van der Waals surface area contributed by atoms with E-state index in [0.29, 0.717) is 4.88 Å². The molecule has 1 aromatic rings. The molecule has 1 atom stereocenters. The molecule has 0 aromatic carbocycles. The first-order chi connectivity index (χ1) is 6.50. The summed E-state index contributed by atoms with van der Waals surface area (Å²) in [5.41, 5.74) is 5.02. The summed E-state index contributed by atoms with van der Waals surface area (Å²) in [4.78, 5) is 23.8. The molecule has 1 rings (SSSR count). The highest BCUT2D eigenvalue weighted by Crippen LogP contribution is 2.14. The van der Waals surface area contributed by atoms with Crippen molar-refractivity contribution in [1.82, 2.24) is 5.32 Å². The van der Waals surface area contributed by atoms with Crippen molar-refractivity contribution in [1.29, 1.82) is 0 Å². The zero-order valence-corrected chi connectivity index (χ0v) is 8.85. The van der Waals surface area contributed by atoms with Crippen LogP contribution in [0.2, 0.25) is 0 Å². The molecular formula is C9H12N2O2S. The second kappa shape index (κ2) is 4.23. The molecular weight excluding hydrogens is 200 g/mol. The summed E-state index contributed by atoms with van der Waals surface area (Å²) in [6.45, 7) is 3.47. The van der Waals surface area contributed by atoms with Gasteiger partial charge in [0.1, 0.15) is 6.04 Å². The molecule has 14 heavy (non-hydrogen) atoms. The van der Waals surface area contributed by atoms with Crippen LogP contribution in [0.3, 0.4) is 0 Å². The lowest BCUT2D eigenvalue weighted by Crippen LogP contribution is -2.41. The van der Waals surface area contributed by atoms with Gasteiger partial charge in [0.25, 0.3) is 5.91 Å². The van der Waals surface area contributed by atoms with Crippen molar-refractivity contribution in [3.05, 3.63) is 21.9 Å². The van der Waals surface area contributed by atoms with Crippen LogP contribution in [-0.2, 0) is 4.79 Å². The smallest absolute Gasteiger partial charge is 0.261 e. The Labute approximate surface area is 86.1 Å². The van der Waals surface area contributed by atoms with Crippen LogP contribution < -0.4 is 11.1 Å². The molecule has 0 fully saturated rings. The van der Waals surface area contributed by atoms with Crippen molar-refractivity contribution < 1.29 is 9.59 Å². The second-order valence-electron chi connectivity index (χ2n) is 3.01. The van der Waals surface area contributed by atoms with E-state index in [2.05, 4.69) is 5.32 Å². The molecule has 0 bridgehead atoms. The fraction of sp³-hybridized carbons (Fsp3) is 0.333. The molecule has 0 saturated heterocycles. The first kappa shape index (κ1) is 10.7. The molecule has 76 valence electrons. The summed E-state index contributed by atoms with van der Waals surface area (Å²) in [7, 11) is 0. The highest BCUT2D eigenvalue weighted by atomic mass is 32.1. The van der Waals surface area contributed by atoms with Crippen molar-refractivity contribution in [3.8, 4) is 0 Å². The van der Waals surface area contributed by atoms with Gasteiger partial charge in [0, 0.05) is 4.88 Å². The molecule has 5 heteroatoms. The first-order valence-corrected chi connectivity index (χ1v) is 4.99. The van der Waals surface area contributed by atoms with Gasteiger partial charge in [-0.1, -0.05) is 0 Å². The van der Waals surface area contributed by atoms with E-state index in [0.717, 1.165) is 4.88 Å². The van der Waals surface area contributed by atoms with E-state index in [-0.39, 0.29) is 5.91 Å². The molecule has 3 N–H and O–H groups in total. The molecule has 2 amide bonds. The third-order valence-electron chi connectivity index (χ3n) is 1.74. The van der Waals surface area contributed by atoms with E-state index >= 15 is 0 Å². The fourth-order valence-corrected chi connectivity index (χ4v) is 1.67. The number of rotatable bonds is 3. The van der Waals surface area contributed by atoms with Gasteiger partial charge in [0.2, 0.25) is 5.91 Å². The number of amides is 2. The number of nitrogens with two attached hydrogens (primary N) is 1. The van der Waals surface area contributed by atoms with E-state index in [1.807, 2.05) is 13.0 Å². The summed E-state index contributed by atoms with van der Waals surface area (Å²) in [6, 6.07) is 2.95. The molecule has 0 aliphatic heterocycles. The second-order valence-corrected chi connectivity index (χ2v) is 4.30. The molecule has 0 aliphatic carbocycles. The van der Waals surface area contributed by atoms with Gasteiger partial charge in [-0.25, -0.2) is 0 Å². The maximum Gasteiger partial charge on any atom is 0.261 e. The van der Waals surface area contributed by atoms with Crippen molar-refractivity contribution in [3.63, 3.8) is 0 Å². The van der Waals surface area contributed by atoms with Crippen LogP contribution in [0.4, 0.5) is 0 Å². The number of aryl methyl sites for hydroxylation is 1. The number of hydrogen-bond donors (Lipinski definition) is 2. The van der Waals surface area contributed by atoms with Crippen LogP contribution >= 0.6 is 11.3 Å². The Morgan fingerprint density at radius 2 is 2.14 bits per heavy atom. The largest absolute Gasteiger partial charge is 0.368 e. The van der Waals surface area contributed by atoms with Crippen molar-refractivity contribution in [2.24, 2.45) is 5.73 Å². The predicted octanol–water partition coefficient (Wildman–Crippen LogP) is 0.660. The van der Waals surface area contributed by atoms with Crippen LogP contribution in [0, 0.1) is 6.92 Å². The van der Waals surface area contributed by atoms with Gasteiger partial charge in [-0.05, 0) is 26.0 Å². The lowest BCUT2D eigenvalue weighted by Gasteiger charge is -2.08. The van der Waals surface area contributed by atoms with Gasteiger partial charge in [-0.15, -0.1) is 11.3 Å². The van der Waals surface area contributed by atoms with Gasteiger partial charge in [0.15, 0.2) is 0 Å². The molecule has 0 aliphatic rings. The quantitative estimate of drug-likeness (QED) is 0.772. The minimum atomic E-state index is -0.634. The number of hydrogen-bond acceptors (Lipinski definition) is 3. The molecule has 0 saturated carbocycles. The van der Waals surface area contributed by atoms with E-state index in [1.165, 1.54) is 11.3 Å². The summed E-state index contributed by atoms with van der Waals surface area (Å²) < 4.78 is 0. The molecule has 4 nitrogen and oxygen atoms in total. The van der Waals surface area contributed by atoms with Gasteiger partial charge >= 0.3 is 0 Å². The standard InChI is InChI=1S/C9H12N2O2S/c1-5-3-4-7(14-5)9(13)11-6(2)8(10)12/h3-4,6H,1-2H3,(H2,10,12)(H,11,13)/t6-/m1/s1.